The van der Waals surface area contributed by atoms with Crippen molar-refractivity contribution in [3.8, 4) is 11.3 Å². The molecule has 132 valence electrons. The number of halogens is 1. The largest absolute Gasteiger partial charge is 0.339 e. The van der Waals surface area contributed by atoms with Crippen LogP contribution in [0.4, 0.5) is 10.3 Å². The molecule has 0 aromatic carbocycles. The zero-order valence-corrected chi connectivity index (χ0v) is 14.5. The smallest absolute Gasteiger partial charge is 0.255 e. The summed E-state index contributed by atoms with van der Waals surface area (Å²) in [6.07, 6.45) is 9.98. The van der Waals surface area contributed by atoms with Crippen molar-refractivity contribution in [3.05, 3.63) is 40.7 Å². The first-order chi connectivity index (χ1) is 12.1. The number of rotatable bonds is 2. The minimum atomic E-state index is -0.455. The van der Waals surface area contributed by atoms with Gasteiger partial charge in [-0.25, -0.2) is 9.37 Å². The van der Waals surface area contributed by atoms with Crippen LogP contribution in [0.3, 0.4) is 0 Å². The Morgan fingerprint density at radius 3 is 2.84 bits per heavy atom. The molecule has 2 aromatic rings. The van der Waals surface area contributed by atoms with Crippen molar-refractivity contribution >= 4 is 5.95 Å². The summed E-state index contributed by atoms with van der Waals surface area (Å²) in [5, 5.41) is 0. The van der Waals surface area contributed by atoms with Gasteiger partial charge in [0.1, 0.15) is 0 Å². The monoisotopic (exact) mass is 342 g/mol. The number of nitrogens with zero attached hydrogens (tertiary/aromatic N) is 4. The van der Waals surface area contributed by atoms with E-state index in [1.165, 1.54) is 37.9 Å². The Hall–Kier alpha value is -2.24. The molecule has 25 heavy (non-hydrogen) atoms. The van der Waals surface area contributed by atoms with E-state index >= 15 is 0 Å². The van der Waals surface area contributed by atoms with E-state index in [2.05, 4.69) is 9.88 Å². The van der Waals surface area contributed by atoms with Gasteiger partial charge in [0.15, 0.2) is 5.82 Å². The number of pyridine rings is 1. The molecule has 2 aromatic heterocycles. The lowest BCUT2D eigenvalue weighted by Crippen LogP contribution is -2.49. The van der Waals surface area contributed by atoms with Gasteiger partial charge in [-0.15, -0.1) is 0 Å². The Balaban J connectivity index is 1.79. The van der Waals surface area contributed by atoms with Crippen LogP contribution in [-0.4, -0.2) is 27.1 Å². The second kappa shape index (κ2) is 6.58. The van der Waals surface area contributed by atoms with Crippen LogP contribution in [-0.2, 0) is 7.05 Å². The summed E-state index contributed by atoms with van der Waals surface area (Å²) in [6.45, 7) is 0.906. The van der Waals surface area contributed by atoms with E-state index in [9.17, 15) is 9.18 Å². The zero-order valence-electron chi connectivity index (χ0n) is 14.5. The van der Waals surface area contributed by atoms with Gasteiger partial charge in [0.05, 0.1) is 11.9 Å². The molecule has 0 radical (unpaired) electrons. The SMILES string of the molecule is Cn1c(N2CCC[C@H]3CCCC[C@@H]32)nc(-c2ccncc2F)cc1=O. The van der Waals surface area contributed by atoms with Crippen LogP contribution in [0.5, 0.6) is 0 Å². The highest BCUT2D eigenvalue weighted by molar-refractivity contribution is 5.60. The number of hydrogen-bond donors (Lipinski definition) is 0. The number of fused-ring (bicyclic) bond motifs is 1. The molecule has 3 heterocycles. The van der Waals surface area contributed by atoms with E-state index in [1.54, 1.807) is 17.7 Å². The quantitative estimate of drug-likeness (QED) is 0.841. The van der Waals surface area contributed by atoms with Gasteiger partial charge in [-0.1, -0.05) is 12.8 Å². The third-order valence-corrected chi connectivity index (χ3v) is 5.66. The fraction of sp³-hybridized carbons (Fsp3) is 0.526. The second-order valence-electron chi connectivity index (χ2n) is 7.14. The van der Waals surface area contributed by atoms with Crippen molar-refractivity contribution in [2.45, 2.75) is 44.6 Å². The fourth-order valence-electron chi connectivity index (χ4n) is 4.38. The lowest BCUT2D eigenvalue weighted by molar-refractivity contribution is 0.240. The third-order valence-electron chi connectivity index (χ3n) is 5.66. The Kier molecular flexibility index (Phi) is 4.27. The van der Waals surface area contributed by atoms with Crippen molar-refractivity contribution in [2.75, 3.05) is 11.4 Å². The minimum Gasteiger partial charge on any atom is -0.339 e. The molecular formula is C19H23FN4O. The molecule has 6 heteroatoms. The number of hydrogen-bond acceptors (Lipinski definition) is 4. The summed E-state index contributed by atoms with van der Waals surface area (Å²) in [5.41, 5.74) is 0.552. The first-order valence-corrected chi connectivity index (χ1v) is 9.10. The standard InChI is InChI=1S/C19H23FN4O/c1-23-18(25)11-16(14-8-9-21-12-15(14)20)22-19(23)24-10-4-6-13-5-2-3-7-17(13)24/h8-9,11-13,17H,2-7,10H2,1H3/t13-,17+/m1/s1. The van der Waals surface area contributed by atoms with Crippen molar-refractivity contribution < 1.29 is 4.39 Å². The molecule has 0 unspecified atom stereocenters. The lowest BCUT2D eigenvalue weighted by atomic mass is 9.78. The third kappa shape index (κ3) is 2.94. The van der Waals surface area contributed by atoms with Crippen LogP contribution in [0.25, 0.3) is 11.3 Å². The van der Waals surface area contributed by atoms with Gasteiger partial charge in [-0.2, -0.15) is 0 Å². The molecule has 1 saturated heterocycles. The first-order valence-electron chi connectivity index (χ1n) is 9.10. The summed E-state index contributed by atoms with van der Waals surface area (Å²) >= 11 is 0. The van der Waals surface area contributed by atoms with E-state index < -0.39 is 5.82 Å². The molecule has 2 atom stereocenters. The lowest BCUT2D eigenvalue weighted by Gasteiger charge is -2.45. The molecule has 0 spiro atoms. The van der Waals surface area contributed by atoms with E-state index in [1.807, 2.05) is 0 Å². The Bertz CT molecular complexity index is 832. The summed E-state index contributed by atoms with van der Waals surface area (Å²) < 4.78 is 15.7. The molecule has 4 rings (SSSR count). The van der Waals surface area contributed by atoms with Gasteiger partial charge in [0.2, 0.25) is 5.95 Å². The predicted molar refractivity (Wildman–Crippen MR) is 95.0 cm³/mol. The van der Waals surface area contributed by atoms with Gasteiger partial charge in [0.25, 0.3) is 5.56 Å². The Morgan fingerprint density at radius 2 is 2.00 bits per heavy atom. The molecule has 0 bridgehead atoms. The molecule has 0 N–H and O–H groups in total. The second-order valence-corrected chi connectivity index (χ2v) is 7.14. The first kappa shape index (κ1) is 16.2. The topological polar surface area (TPSA) is 51.0 Å². The van der Waals surface area contributed by atoms with Crippen LogP contribution in [0, 0.1) is 11.7 Å². The highest BCUT2D eigenvalue weighted by atomic mass is 19.1. The van der Waals surface area contributed by atoms with E-state index in [0.29, 0.717) is 29.2 Å². The zero-order chi connectivity index (χ0) is 17.4. The molecule has 5 nitrogen and oxygen atoms in total. The van der Waals surface area contributed by atoms with E-state index in [-0.39, 0.29) is 5.56 Å². The highest BCUT2D eigenvalue weighted by Crippen LogP contribution is 2.37. The molecule has 0 amide bonds. The van der Waals surface area contributed by atoms with Gasteiger partial charge in [0, 0.05) is 37.5 Å². The normalized spacial score (nSPS) is 23.4. The summed E-state index contributed by atoms with van der Waals surface area (Å²) in [6, 6.07) is 3.42. The summed E-state index contributed by atoms with van der Waals surface area (Å²) in [5.74, 6) is 0.888. The van der Waals surface area contributed by atoms with Crippen molar-refractivity contribution in [1.82, 2.24) is 14.5 Å². The molecular weight excluding hydrogens is 319 g/mol. The fourth-order valence-corrected chi connectivity index (χ4v) is 4.38. The van der Waals surface area contributed by atoms with Crippen LogP contribution < -0.4 is 10.5 Å². The van der Waals surface area contributed by atoms with Crippen molar-refractivity contribution in [2.24, 2.45) is 13.0 Å². The Morgan fingerprint density at radius 1 is 1.20 bits per heavy atom. The van der Waals surface area contributed by atoms with Crippen LogP contribution in [0.2, 0.25) is 0 Å². The summed E-state index contributed by atoms with van der Waals surface area (Å²) in [7, 11) is 1.75. The van der Waals surface area contributed by atoms with Gasteiger partial charge in [-0.3, -0.25) is 14.3 Å². The van der Waals surface area contributed by atoms with Crippen molar-refractivity contribution in [3.63, 3.8) is 0 Å². The number of aromatic nitrogens is 3. The minimum absolute atomic E-state index is 0.158. The average Bonchev–Trinajstić information content (AvgIpc) is 2.64. The van der Waals surface area contributed by atoms with Crippen molar-refractivity contribution in [1.29, 1.82) is 0 Å². The van der Waals surface area contributed by atoms with Gasteiger partial charge in [-0.05, 0) is 37.7 Å². The highest BCUT2D eigenvalue weighted by Gasteiger charge is 2.35. The number of piperidine rings is 1. The molecule has 1 aliphatic heterocycles. The maximum absolute atomic E-state index is 14.1. The van der Waals surface area contributed by atoms with Crippen LogP contribution in [0.15, 0.2) is 29.3 Å². The predicted octanol–water partition coefficient (Wildman–Crippen LogP) is 3.14. The maximum Gasteiger partial charge on any atom is 0.255 e. The Labute approximate surface area is 146 Å². The molecule has 2 fully saturated rings. The van der Waals surface area contributed by atoms with E-state index in [4.69, 9.17) is 4.98 Å². The van der Waals surface area contributed by atoms with Crippen LogP contribution >= 0.6 is 0 Å². The van der Waals surface area contributed by atoms with Gasteiger partial charge >= 0.3 is 0 Å². The molecule has 1 aliphatic carbocycles. The molecule has 1 saturated carbocycles. The van der Waals surface area contributed by atoms with Crippen LogP contribution in [0.1, 0.15) is 38.5 Å². The van der Waals surface area contributed by atoms with E-state index in [0.717, 1.165) is 25.6 Å². The number of anilines is 1. The average molecular weight is 342 g/mol. The maximum atomic E-state index is 14.1. The van der Waals surface area contributed by atoms with Gasteiger partial charge < -0.3 is 4.90 Å². The molecule has 2 aliphatic rings. The summed E-state index contributed by atoms with van der Waals surface area (Å²) in [4.78, 5) is 23.3.